The van der Waals surface area contributed by atoms with Gasteiger partial charge in [-0.05, 0) is 13.8 Å². The first-order valence-electron chi connectivity index (χ1n) is 5.14. The highest BCUT2D eigenvalue weighted by atomic mass is 127. The van der Waals surface area contributed by atoms with Crippen LogP contribution in [-0.2, 0) is 9.59 Å². The molecule has 6 heteroatoms. The molecule has 90 valence electrons. The summed E-state index contributed by atoms with van der Waals surface area (Å²) < 4.78 is -0.144. The molecule has 1 unspecified atom stereocenters. The van der Waals surface area contributed by atoms with Gasteiger partial charge in [0.2, 0.25) is 5.91 Å². The highest BCUT2D eigenvalue weighted by Crippen LogP contribution is 2.54. The standard InChI is InChI=1S/C10H14INO3S/c1-4(11)5-7(13)12-6(9(14)15)10(2,3)16-8(5)12/h4-6,8H,1-3H3,(H,14,15)/t4?,5-,6+,8-/m1/s1. The van der Waals surface area contributed by atoms with Crippen LogP contribution in [0.5, 0.6) is 0 Å². The third-order valence-corrected chi connectivity index (χ3v) is 5.58. The molecule has 2 aliphatic rings. The number of β-lactam (4-membered cyclic amide) rings is 1. The number of carbonyl (C=O) groups excluding carboxylic acids is 1. The molecule has 2 rings (SSSR count). The van der Waals surface area contributed by atoms with Crippen molar-refractivity contribution in [2.45, 2.75) is 40.9 Å². The lowest BCUT2D eigenvalue weighted by atomic mass is 9.90. The Kier molecular flexibility index (Phi) is 2.93. The molecule has 1 N–H and O–H groups in total. The summed E-state index contributed by atoms with van der Waals surface area (Å²) in [5.74, 6) is -0.917. The first-order chi connectivity index (χ1) is 7.27. The smallest absolute Gasteiger partial charge is 0.327 e. The third-order valence-electron chi connectivity index (χ3n) is 3.21. The Balaban J connectivity index is 2.28. The fourth-order valence-corrected chi connectivity index (χ4v) is 5.25. The number of aliphatic carboxylic acids is 1. The average molecular weight is 355 g/mol. The predicted molar refractivity (Wildman–Crippen MR) is 70.7 cm³/mol. The van der Waals surface area contributed by atoms with Gasteiger partial charge in [0.25, 0.3) is 0 Å². The zero-order valence-electron chi connectivity index (χ0n) is 9.31. The monoisotopic (exact) mass is 355 g/mol. The van der Waals surface area contributed by atoms with Gasteiger partial charge in [0.05, 0.1) is 11.3 Å². The van der Waals surface area contributed by atoms with Gasteiger partial charge < -0.3 is 10.0 Å². The van der Waals surface area contributed by atoms with E-state index in [1.807, 2.05) is 20.8 Å². The van der Waals surface area contributed by atoms with Crippen molar-refractivity contribution in [2.75, 3.05) is 0 Å². The topological polar surface area (TPSA) is 57.6 Å². The van der Waals surface area contributed by atoms with Crippen molar-refractivity contribution >= 4 is 46.2 Å². The van der Waals surface area contributed by atoms with Gasteiger partial charge in [-0.25, -0.2) is 4.79 Å². The molecule has 1 amide bonds. The van der Waals surface area contributed by atoms with Crippen LogP contribution in [0, 0.1) is 5.92 Å². The summed E-state index contributed by atoms with van der Waals surface area (Å²) in [4.78, 5) is 24.7. The maximum Gasteiger partial charge on any atom is 0.327 e. The van der Waals surface area contributed by atoms with Crippen molar-refractivity contribution in [3.05, 3.63) is 0 Å². The zero-order valence-corrected chi connectivity index (χ0v) is 12.3. The lowest BCUT2D eigenvalue weighted by Crippen LogP contribution is -2.64. The molecule has 16 heavy (non-hydrogen) atoms. The predicted octanol–water partition coefficient (Wildman–Crippen LogP) is 1.57. The minimum atomic E-state index is -0.895. The van der Waals surface area contributed by atoms with Gasteiger partial charge in [-0.3, -0.25) is 4.79 Å². The number of hydrogen-bond donors (Lipinski definition) is 1. The summed E-state index contributed by atoms with van der Waals surface area (Å²) in [5, 5.41) is 9.26. The van der Waals surface area contributed by atoms with E-state index in [0.29, 0.717) is 0 Å². The van der Waals surface area contributed by atoms with Crippen molar-refractivity contribution in [1.82, 2.24) is 4.90 Å². The molecule has 0 aromatic heterocycles. The van der Waals surface area contributed by atoms with E-state index in [0.717, 1.165) is 0 Å². The molecule has 0 aliphatic carbocycles. The molecule has 0 bridgehead atoms. The number of alkyl halides is 1. The van der Waals surface area contributed by atoms with E-state index >= 15 is 0 Å². The fraction of sp³-hybridized carbons (Fsp3) is 0.800. The van der Waals surface area contributed by atoms with Crippen molar-refractivity contribution in [2.24, 2.45) is 5.92 Å². The summed E-state index contributed by atoms with van der Waals surface area (Å²) in [6.45, 7) is 5.80. The zero-order chi connectivity index (χ0) is 12.2. The Morgan fingerprint density at radius 2 is 2.19 bits per heavy atom. The van der Waals surface area contributed by atoms with E-state index in [-0.39, 0.29) is 21.1 Å². The van der Waals surface area contributed by atoms with E-state index in [1.54, 1.807) is 16.7 Å². The molecule has 4 atom stereocenters. The van der Waals surface area contributed by atoms with Gasteiger partial charge in [0.15, 0.2) is 0 Å². The minimum Gasteiger partial charge on any atom is -0.480 e. The molecule has 2 aliphatic heterocycles. The van der Waals surface area contributed by atoms with E-state index in [9.17, 15) is 14.7 Å². The van der Waals surface area contributed by atoms with E-state index < -0.39 is 16.8 Å². The Morgan fingerprint density at radius 1 is 1.62 bits per heavy atom. The van der Waals surface area contributed by atoms with Gasteiger partial charge in [0, 0.05) is 8.67 Å². The number of halogens is 1. The molecule has 0 saturated carbocycles. The van der Waals surface area contributed by atoms with E-state index in [2.05, 4.69) is 22.6 Å². The van der Waals surface area contributed by atoms with Crippen LogP contribution in [0.4, 0.5) is 0 Å². The number of fused-ring (bicyclic) bond motifs is 1. The number of amides is 1. The Bertz CT molecular complexity index is 358. The van der Waals surface area contributed by atoms with Crippen LogP contribution in [0.25, 0.3) is 0 Å². The van der Waals surface area contributed by atoms with Gasteiger partial charge >= 0.3 is 5.97 Å². The molecule has 4 nitrogen and oxygen atoms in total. The highest BCUT2D eigenvalue weighted by molar-refractivity contribution is 14.1. The average Bonchev–Trinajstić information content (AvgIpc) is 2.33. The van der Waals surface area contributed by atoms with Crippen LogP contribution in [0.2, 0.25) is 0 Å². The lowest BCUT2D eigenvalue weighted by molar-refractivity contribution is -0.163. The summed E-state index contributed by atoms with van der Waals surface area (Å²) in [5.41, 5.74) is 0. The van der Waals surface area contributed by atoms with Gasteiger partial charge in [-0.2, -0.15) is 0 Å². The normalized spacial score (nSPS) is 37.9. The Morgan fingerprint density at radius 3 is 2.62 bits per heavy atom. The molecule has 0 radical (unpaired) electrons. The number of thioether (sulfide) groups is 1. The first-order valence-corrected chi connectivity index (χ1v) is 7.27. The third kappa shape index (κ3) is 1.56. The first kappa shape index (κ1) is 12.5. The van der Waals surface area contributed by atoms with Crippen LogP contribution in [0.1, 0.15) is 20.8 Å². The largest absolute Gasteiger partial charge is 0.480 e. The van der Waals surface area contributed by atoms with Crippen LogP contribution in [0.3, 0.4) is 0 Å². The number of carbonyl (C=O) groups is 2. The number of carboxylic acids is 1. The highest BCUT2D eigenvalue weighted by Gasteiger charge is 2.64. The van der Waals surface area contributed by atoms with Crippen LogP contribution < -0.4 is 0 Å². The Hall–Kier alpha value is 0.0200. The molecule has 2 fully saturated rings. The van der Waals surface area contributed by atoms with Gasteiger partial charge in [0.1, 0.15) is 6.04 Å². The quantitative estimate of drug-likeness (QED) is 0.464. The molecular formula is C10H14INO3S. The molecular weight excluding hydrogens is 341 g/mol. The van der Waals surface area contributed by atoms with Gasteiger partial charge in [-0.15, -0.1) is 11.8 Å². The molecule has 0 aromatic carbocycles. The van der Waals surface area contributed by atoms with E-state index in [4.69, 9.17) is 0 Å². The molecule has 0 aromatic rings. The van der Waals surface area contributed by atoms with Crippen molar-refractivity contribution < 1.29 is 14.7 Å². The number of carboxylic acid groups (broad SMARTS) is 1. The second-order valence-corrected chi connectivity index (χ2v) is 8.54. The SMILES string of the molecule is CC(I)[C@@H]1C(=O)N2[C@@H]1SC(C)(C)[C@@H]2C(=O)O. The number of nitrogens with zero attached hydrogens (tertiary/aromatic N) is 1. The minimum absolute atomic E-state index is 0.00243. The van der Waals surface area contributed by atoms with Crippen LogP contribution in [0.15, 0.2) is 0 Å². The maximum absolute atomic E-state index is 11.9. The molecule has 2 heterocycles. The summed E-state index contributed by atoms with van der Waals surface area (Å²) in [7, 11) is 0. The number of rotatable bonds is 2. The lowest BCUT2D eigenvalue weighted by Gasteiger charge is -2.45. The van der Waals surface area contributed by atoms with Gasteiger partial charge in [-0.1, -0.05) is 29.5 Å². The maximum atomic E-state index is 11.9. The summed E-state index contributed by atoms with van der Waals surface area (Å²) in [6, 6.07) is -0.679. The Labute approximate surface area is 112 Å². The number of hydrogen-bond acceptors (Lipinski definition) is 3. The summed E-state index contributed by atoms with van der Waals surface area (Å²) in [6.07, 6.45) is 0. The second-order valence-electron chi connectivity index (χ2n) is 4.80. The molecule has 0 spiro atoms. The van der Waals surface area contributed by atoms with Crippen molar-refractivity contribution in [3.63, 3.8) is 0 Å². The molecule has 2 saturated heterocycles. The van der Waals surface area contributed by atoms with Crippen molar-refractivity contribution in [3.8, 4) is 0 Å². The van der Waals surface area contributed by atoms with Crippen LogP contribution in [-0.4, -0.2) is 42.0 Å². The van der Waals surface area contributed by atoms with E-state index in [1.165, 1.54) is 0 Å². The second kappa shape index (κ2) is 3.76. The fourth-order valence-electron chi connectivity index (χ4n) is 2.46. The summed E-state index contributed by atoms with van der Waals surface area (Å²) >= 11 is 3.85. The van der Waals surface area contributed by atoms with Crippen LogP contribution >= 0.6 is 34.4 Å². The van der Waals surface area contributed by atoms with Crippen molar-refractivity contribution in [1.29, 1.82) is 0 Å².